The SMILES string of the molecule is Cc1ccnc2cc(Nc3nc(NC4CCCC[C@@H]4N)c(F)cc3C(N)=O)ccc12. The molecular formula is C22H25FN6O. The summed E-state index contributed by atoms with van der Waals surface area (Å²) in [5, 5.41) is 7.23. The average Bonchev–Trinajstić information content (AvgIpc) is 2.72. The van der Waals surface area contributed by atoms with Crippen LogP contribution in [0.3, 0.4) is 0 Å². The molecule has 1 fully saturated rings. The molecule has 0 saturated heterocycles. The topological polar surface area (TPSA) is 119 Å². The van der Waals surface area contributed by atoms with Gasteiger partial charge in [-0.3, -0.25) is 9.78 Å². The van der Waals surface area contributed by atoms with Gasteiger partial charge in [-0.05, 0) is 49.6 Å². The van der Waals surface area contributed by atoms with Crippen molar-refractivity contribution >= 4 is 34.1 Å². The summed E-state index contributed by atoms with van der Waals surface area (Å²) in [7, 11) is 0. The van der Waals surface area contributed by atoms with E-state index in [1.807, 2.05) is 31.2 Å². The Kier molecular flexibility index (Phi) is 5.50. The Morgan fingerprint density at radius 3 is 2.73 bits per heavy atom. The molecule has 1 amide bonds. The molecule has 2 atom stereocenters. The molecule has 2 heterocycles. The predicted molar refractivity (Wildman–Crippen MR) is 116 cm³/mol. The molecule has 1 aliphatic carbocycles. The normalized spacial score (nSPS) is 18.9. The van der Waals surface area contributed by atoms with E-state index in [1.54, 1.807) is 6.20 Å². The molecule has 0 bridgehead atoms. The first-order chi connectivity index (χ1) is 14.4. The zero-order valence-electron chi connectivity index (χ0n) is 16.8. The molecular weight excluding hydrogens is 383 g/mol. The highest BCUT2D eigenvalue weighted by molar-refractivity contribution is 5.99. The molecule has 7 nitrogen and oxygen atoms in total. The summed E-state index contributed by atoms with van der Waals surface area (Å²) in [6.45, 7) is 2.01. The Labute approximate surface area is 174 Å². The Balaban J connectivity index is 1.68. The Morgan fingerprint density at radius 2 is 1.97 bits per heavy atom. The molecule has 1 unspecified atom stereocenters. The van der Waals surface area contributed by atoms with E-state index < -0.39 is 11.7 Å². The monoisotopic (exact) mass is 408 g/mol. The number of halogens is 1. The van der Waals surface area contributed by atoms with E-state index in [1.165, 1.54) is 0 Å². The van der Waals surface area contributed by atoms with E-state index in [9.17, 15) is 9.18 Å². The van der Waals surface area contributed by atoms with Gasteiger partial charge < -0.3 is 22.1 Å². The molecule has 156 valence electrons. The summed E-state index contributed by atoms with van der Waals surface area (Å²) < 4.78 is 14.7. The third-order valence-electron chi connectivity index (χ3n) is 5.61. The second-order valence-electron chi connectivity index (χ2n) is 7.76. The number of anilines is 3. The van der Waals surface area contributed by atoms with Crippen LogP contribution in [0.25, 0.3) is 10.9 Å². The standard InChI is InChI=1S/C22H25FN6O/c1-12-8-9-26-19-10-13(6-7-14(12)19)27-21-15(20(25)30)11-16(23)22(29-21)28-18-5-3-2-4-17(18)24/h6-11,17-18H,2-5,24H2,1H3,(H2,25,30)(H2,27,28,29)/t17-,18?/m0/s1. The number of fused-ring (bicyclic) bond motifs is 1. The van der Waals surface area contributed by atoms with Crippen molar-refractivity contribution in [3.05, 3.63) is 53.5 Å². The number of amides is 1. The molecule has 30 heavy (non-hydrogen) atoms. The van der Waals surface area contributed by atoms with Crippen molar-refractivity contribution in [2.24, 2.45) is 11.5 Å². The largest absolute Gasteiger partial charge is 0.365 e. The van der Waals surface area contributed by atoms with E-state index in [4.69, 9.17) is 11.5 Å². The zero-order chi connectivity index (χ0) is 21.3. The Bertz CT molecular complexity index is 1100. The van der Waals surface area contributed by atoms with Crippen LogP contribution in [-0.2, 0) is 0 Å². The highest BCUT2D eigenvalue weighted by Gasteiger charge is 2.24. The Morgan fingerprint density at radius 1 is 1.17 bits per heavy atom. The molecule has 1 aliphatic rings. The molecule has 6 N–H and O–H groups in total. The lowest BCUT2D eigenvalue weighted by Crippen LogP contribution is -2.43. The summed E-state index contributed by atoms with van der Waals surface area (Å²) in [5.41, 5.74) is 14.2. The number of nitrogens with zero attached hydrogens (tertiary/aromatic N) is 2. The fraction of sp³-hybridized carbons (Fsp3) is 0.318. The van der Waals surface area contributed by atoms with Gasteiger partial charge in [-0.15, -0.1) is 0 Å². The summed E-state index contributed by atoms with van der Waals surface area (Å²) in [4.78, 5) is 20.6. The van der Waals surface area contributed by atoms with E-state index >= 15 is 0 Å². The van der Waals surface area contributed by atoms with Gasteiger partial charge in [0.25, 0.3) is 5.91 Å². The molecule has 4 rings (SSSR count). The van der Waals surface area contributed by atoms with Crippen molar-refractivity contribution in [3.8, 4) is 0 Å². The number of nitrogens with one attached hydrogen (secondary N) is 2. The van der Waals surface area contributed by atoms with E-state index in [0.29, 0.717) is 5.69 Å². The van der Waals surface area contributed by atoms with Crippen molar-refractivity contribution < 1.29 is 9.18 Å². The van der Waals surface area contributed by atoms with E-state index in [2.05, 4.69) is 20.6 Å². The number of aromatic nitrogens is 2. The van der Waals surface area contributed by atoms with Gasteiger partial charge >= 0.3 is 0 Å². The van der Waals surface area contributed by atoms with Gasteiger partial charge in [0, 0.05) is 29.4 Å². The maximum absolute atomic E-state index is 14.7. The number of hydrogen-bond donors (Lipinski definition) is 4. The minimum absolute atomic E-state index is 0.0247. The Hall–Kier alpha value is -3.26. The minimum Gasteiger partial charge on any atom is -0.365 e. The smallest absolute Gasteiger partial charge is 0.252 e. The van der Waals surface area contributed by atoms with Crippen LogP contribution in [0, 0.1) is 12.7 Å². The number of pyridine rings is 2. The molecule has 1 aromatic carbocycles. The first-order valence-corrected chi connectivity index (χ1v) is 10.1. The summed E-state index contributed by atoms with van der Waals surface area (Å²) in [6.07, 6.45) is 5.56. The van der Waals surface area contributed by atoms with Crippen LogP contribution in [-0.4, -0.2) is 28.0 Å². The number of nitrogens with two attached hydrogens (primary N) is 2. The van der Waals surface area contributed by atoms with Crippen molar-refractivity contribution in [3.63, 3.8) is 0 Å². The van der Waals surface area contributed by atoms with Crippen molar-refractivity contribution in [2.45, 2.75) is 44.7 Å². The van der Waals surface area contributed by atoms with Crippen LogP contribution in [0.2, 0.25) is 0 Å². The number of benzene rings is 1. The van der Waals surface area contributed by atoms with Crippen LogP contribution < -0.4 is 22.1 Å². The molecule has 0 aliphatic heterocycles. The van der Waals surface area contributed by atoms with Gasteiger partial charge in [-0.1, -0.05) is 18.9 Å². The van der Waals surface area contributed by atoms with Gasteiger partial charge in [0.1, 0.15) is 5.82 Å². The van der Waals surface area contributed by atoms with Crippen LogP contribution in [0.1, 0.15) is 41.6 Å². The maximum Gasteiger partial charge on any atom is 0.252 e. The molecule has 0 radical (unpaired) electrons. The quantitative estimate of drug-likeness (QED) is 0.512. The second-order valence-corrected chi connectivity index (χ2v) is 7.76. The third kappa shape index (κ3) is 4.04. The van der Waals surface area contributed by atoms with Crippen molar-refractivity contribution in [1.82, 2.24) is 9.97 Å². The number of aryl methyl sites for hydroxylation is 1. The first-order valence-electron chi connectivity index (χ1n) is 10.1. The van der Waals surface area contributed by atoms with Crippen LogP contribution in [0.5, 0.6) is 0 Å². The number of carbonyl (C=O) groups is 1. The second kappa shape index (κ2) is 8.23. The predicted octanol–water partition coefficient (Wildman–Crippen LogP) is 3.60. The van der Waals surface area contributed by atoms with Crippen molar-refractivity contribution in [2.75, 3.05) is 10.6 Å². The van der Waals surface area contributed by atoms with Crippen molar-refractivity contribution in [1.29, 1.82) is 0 Å². The number of primary amides is 1. The maximum atomic E-state index is 14.7. The molecule has 2 aromatic heterocycles. The van der Waals surface area contributed by atoms with Crippen LogP contribution in [0.15, 0.2) is 36.5 Å². The molecule has 1 saturated carbocycles. The summed E-state index contributed by atoms with van der Waals surface area (Å²) in [6, 6.07) is 8.56. The van der Waals surface area contributed by atoms with Gasteiger partial charge in [0.2, 0.25) is 0 Å². The third-order valence-corrected chi connectivity index (χ3v) is 5.61. The number of hydrogen-bond acceptors (Lipinski definition) is 6. The lowest BCUT2D eigenvalue weighted by atomic mass is 9.91. The van der Waals surface area contributed by atoms with E-state index in [0.717, 1.165) is 48.2 Å². The van der Waals surface area contributed by atoms with Gasteiger partial charge in [0.15, 0.2) is 11.6 Å². The van der Waals surface area contributed by atoms with Gasteiger partial charge in [0.05, 0.1) is 11.1 Å². The fourth-order valence-electron chi connectivity index (χ4n) is 3.89. The van der Waals surface area contributed by atoms with E-state index in [-0.39, 0.29) is 29.3 Å². The highest BCUT2D eigenvalue weighted by atomic mass is 19.1. The van der Waals surface area contributed by atoms with Gasteiger partial charge in [-0.2, -0.15) is 0 Å². The average molecular weight is 408 g/mol. The lowest BCUT2D eigenvalue weighted by Gasteiger charge is -2.30. The molecule has 0 spiro atoms. The highest BCUT2D eigenvalue weighted by Crippen LogP contribution is 2.28. The molecule has 8 heteroatoms. The minimum atomic E-state index is -0.764. The number of rotatable bonds is 5. The molecule has 3 aromatic rings. The number of carbonyl (C=O) groups excluding carboxylic acids is 1. The first kappa shape index (κ1) is 20.0. The van der Waals surface area contributed by atoms with Crippen LogP contribution in [0.4, 0.5) is 21.7 Å². The lowest BCUT2D eigenvalue weighted by molar-refractivity contribution is 0.100. The zero-order valence-corrected chi connectivity index (χ0v) is 16.8. The summed E-state index contributed by atoms with van der Waals surface area (Å²) >= 11 is 0. The van der Waals surface area contributed by atoms with Gasteiger partial charge in [-0.25, -0.2) is 9.37 Å². The fourth-order valence-corrected chi connectivity index (χ4v) is 3.89. The summed E-state index contributed by atoms with van der Waals surface area (Å²) in [5.74, 6) is -1.16. The van der Waals surface area contributed by atoms with Crippen LogP contribution >= 0.6 is 0 Å².